The molecule has 33 heavy (non-hydrogen) atoms. The number of halogens is 1. The molecule has 0 aliphatic carbocycles. The van der Waals surface area contributed by atoms with Crippen molar-refractivity contribution in [2.24, 2.45) is 7.05 Å². The summed E-state index contributed by atoms with van der Waals surface area (Å²) in [4.78, 5) is 24.1. The molecule has 1 aliphatic rings. The predicted molar refractivity (Wildman–Crippen MR) is 120 cm³/mol. The van der Waals surface area contributed by atoms with Crippen molar-refractivity contribution >= 4 is 39.2 Å². The average Bonchev–Trinajstić information content (AvgIpc) is 3.35. The molecule has 5 heterocycles. The number of hydrogen-bond acceptors (Lipinski definition) is 6. The van der Waals surface area contributed by atoms with Crippen LogP contribution in [-0.4, -0.2) is 54.2 Å². The molecule has 10 heteroatoms. The third kappa shape index (κ3) is 3.10. The van der Waals surface area contributed by atoms with Crippen molar-refractivity contribution in [1.82, 2.24) is 29.0 Å². The Morgan fingerprint density at radius 1 is 1.27 bits per heavy atom. The van der Waals surface area contributed by atoms with Crippen LogP contribution in [0.1, 0.15) is 16.1 Å². The summed E-state index contributed by atoms with van der Waals surface area (Å²) in [5.74, 6) is -0.808. The molecule has 0 bridgehead atoms. The van der Waals surface area contributed by atoms with Gasteiger partial charge < -0.3 is 19.8 Å². The zero-order valence-electron chi connectivity index (χ0n) is 17.8. The number of anilines is 1. The van der Waals surface area contributed by atoms with Gasteiger partial charge in [0, 0.05) is 30.9 Å². The van der Waals surface area contributed by atoms with Crippen molar-refractivity contribution in [3.63, 3.8) is 0 Å². The van der Waals surface area contributed by atoms with Crippen molar-refractivity contribution in [2.45, 2.75) is 12.6 Å². The largest absolute Gasteiger partial charge is 0.383 e. The summed E-state index contributed by atoms with van der Waals surface area (Å²) >= 11 is 0. The second kappa shape index (κ2) is 7.24. The summed E-state index contributed by atoms with van der Waals surface area (Å²) in [6, 6.07) is 8.35. The fourth-order valence-corrected chi connectivity index (χ4v) is 4.31. The highest BCUT2D eigenvalue weighted by atomic mass is 19.1. The highest BCUT2D eigenvalue weighted by molar-refractivity contribution is 6.10. The van der Waals surface area contributed by atoms with Gasteiger partial charge in [-0.1, -0.05) is 6.07 Å². The molecule has 1 aromatic carbocycles. The molecule has 1 saturated heterocycles. The Morgan fingerprint density at radius 2 is 2.12 bits per heavy atom. The van der Waals surface area contributed by atoms with Crippen LogP contribution in [0.3, 0.4) is 0 Å². The smallest absolute Gasteiger partial charge is 0.257 e. The molecule has 0 atom stereocenters. The Labute approximate surface area is 187 Å². The number of fused-ring (bicyclic) bond motifs is 4. The van der Waals surface area contributed by atoms with E-state index in [2.05, 4.69) is 15.1 Å². The molecule has 1 amide bonds. The third-order valence-electron chi connectivity index (χ3n) is 6.09. The summed E-state index contributed by atoms with van der Waals surface area (Å²) in [7, 11) is 1.77. The molecule has 1 fully saturated rings. The predicted octanol–water partition coefficient (Wildman–Crippen LogP) is 2.53. The minimum Gasteiger partial charge on any atom is -0.383 e. The van der Waals surface area contributed by atoms with Gasteiger partial charge in [0.05, 0.1) is 59.7 Å². The first-order valence-corrected chi connectivity index (χ1v) is 10.5. The lowest BCUT2D eigenvalue weighted by Crippen LogP contribution is -2.51. The van der Waals surface area contributed by atoms with Gasteiger partial charge >= 0.3 is 0 Å². The van der Waals surface area contributed by atoms with Gasteiger partial charge in [-0.25, -0.2) is 14.4 Å². The summed E-state index contributed by atoms with van der Waals surface area (Å²) in [5.41, 5.74) is 8.56. The van der Waals surface area contributed by atoms with Crippen LogP contribution in [0.5, 0.6) is 0 Å². The fourth-order valence-electron chi connectivity index (χ4n) is 4.31. The minimum absolute atomic E-state index is 0.0350. The van der Waals surface area contributed by atoms with Crippen molar-refractivity contribution in [3.8, 4) is 0 Å². The van der Waals surface area contributed by atoms with Crippen LogP contribution in [0.4, 0.5) is 10.2 Å². The van der Waals surface area contributed by atoms with Gasteiger partial charge in [0.1, 0.15) is 17.3 Å². The summed E-state index contributed by atoms with van der Waals surface area (Å²) in [6.07, 6.45) is 5.38. The maximum Gasteiger partial charge on any atom is 0.257 e. The van der Waals surface area contributed by atoms with Crippen LogP contribution in [0.25, 0.3) is 27.5 Å². The summed E-state index contributed by atoms with van der Waals surface area (Å²) < 4.78 is 24.0. The summed E-state index contributed by atoms with van der Waals surface area (Å²) in [5, 5.41) is 5.52. The number of nitrogens with two attached hydrogens (primary N) is 1. The van der Waals surface area contributed by atoms with Crippen molar-refractivity contribution in [2.75, 3.05) is 18.9 Å². The maximum absolute atomic E-state index is 15.2. The molecule has 2 N–H and O–H groups in total. The van der Waals surface area contributed by atoms with Crippen LogP contribution in [-0.2, 0) is 18.3 Å². The molecule has 9 nitrogen and oxygen atoms in total. The number of ether oxygens (including phenoxy) is 1. The first-order chi connectivity index (χ1) is 16.0. The van der Waals surface area contributed by atoms with Gasteiger partial charge in [-0.2, -0.15) is 5.10 Å². The summed E-state index contributed by atoms with van der Waals surface area (Å²) in [6.45, 7) is 1.05. The number of carbonyl (C=O) groups is 1. The Morgan fingerprint density at radius 3 is 2.88 bits per heavy atom. The second-order valence-electron chi connectivity index (χ2n) is 8.20. The number of aromatic nitrogens is 5. The van der Waals surface area contributed by atoms with E-state index in [9.17, 15) is 4.79 Å². The van der Waals surface area contributed by atoms with E-state index in [4.69, 9.17) is 10.5 Å². The number of imidazole rings is 1. The van der Waals surface area contributed by atoms with Crippen molar-refractivity contribution in [1.29, 1.82) is 0 Å². The van der Waals surface area contributed by atoms with Gasteiger partial charge in [-0.3, -0.25) is 9.48 Å². The van der Waals surface area contributed by atoms with Crippen LogP contribution in [0.2, 0.25) is 0 Å². The molecule has 1 aliphatic heterocycles. The number of amides is 1. The number of nitrogens with zero attached hydrogens (tertiary/aromatic N) is 6. The lowest BCUT2D eigenvalue weighted by Gasteiger charge is -2.37. The monoisotopic (exact) mass is 445 g/mol. The molecule has 0 unspecified atom stereocenters. The van der Waals surface area contributed by atoms with E-state index in [1.807, 2.05) is 35.0 Å². The normalized spacial score (nSPS) is 14.2. The molecular formula is C23H20FN7O2. The quantitative estimate of drug-likeness (QED) is 0.456. The molecule has 0 saturated carbocycles. The topological polar surface area (TPSA) is 104 Å². The first kappa shape index (κ1) is 19.6. The van der Waals surface area contributed by atoms with Gasteiger partial charge in [-0.05, 0) is 18.2 Å². The van der Waals surface area contributed by atoms with Crippen molar-refractivity contribution in [3.05, 3.63) is 66.0 Å². The van der Waals surface area contributed by atoms with E-state index in [0.717, 1.165) is 5.65 Å². The Hall–Kier alpha value is -4.05. The van der Waals surface area contributed by atoms with E-state index in [0.29, 0.717) is 40.7 Å². The number of pyridine rings is 2. The standard InChI is InChI=1S/C23H20FN7O2/c1-29-21-16-6-15(18(24)7-19(16)28-22(25)17(21)8-26-29)23(32)31(14-11-33-12-14)10-13-9-30-5-3-2-4-20(30)27-13/h2-9,14H,10-12H2,1H3,(H2,25,28). The maximum atomic E-state index is 15.2. The number of nitrogen functional groups attached to an aromatic ring is 1. The molecule has 166 valence electrons. The highest BCUT2D eigenvalue weighted by Gasteiger charge is 2.33. The molecule has 5 aromatic rings. The SMILES string of the molecule is Cn1ncc2c(N)nc3cc(F)c(C(=O)N(Cc4cn5ccccc5n4)C4COC4)cc3c21. The Kier molecular flexibility index (Phi) is 4.31. The van der Waals surface area contributed by atoms with Gasteiger partial charge in [0.15, 0.2) is 0 Å². The van der Waals surface area contributed by atoms with E-state index in [1.54, 1.807) is 28.9 Å². The van der Waals surface area contributed by atoms with Crippen LogP contribution >= 0.6 is 0 Å². The highest BCUT2D eigenvalue weighted by Crippen LogP contribution is 2.30. The molecule has 6 rings (SSSR count). The molecule has 0 radical (unpaired) electrons. The van der Waals surface area contributed by atoms with E-state index >= 15 is 4.39 Å². The van der Waals surface area contributed by atoms with E-state index < -0.39 is 11.7 Å². The van der Waals surface area contributed by atoms with Crippen molar-refractivity contribution < 1.29 is 13.9 Å². The van der Waals surface area contributed by atoms with Crippen LogP contribution in [0.15, 0.2) is 48.9 Å². The zero-order chi connectivity index (χ0) is 22.7. The first-order valence-electron chi connectivity index (χ1n) is 10.5. The lowest BCUT2D eigenvalue weighted by atomic mass is 10.1. The second-order valence-corrected chi connectivity index (χ2v) is 8.20. The van der Waals surface area contributed by atoms with Gasteiger partial charge in [0.25, 0.3) is 5.91 Å². The Balaban J connectivity index is 1.44. The zero-order valence-corrected chi connectivity index (χ0v) is 17.8. The van der Waals surface area contributed by atoms with Gasteiger partial charge in [0.2, 0.25) is 0 Å². The Bertz CT molecular complexity index is 1520. The van der Waals surface area contributed by atoms with E-state index in [-0.39, 0.29) is 24.0 Å². The number of aryl methyl sites for hydroxylation is 1. The number of rotatable bonds is 4. The van der Waals surface area contributed by atoms with E-state index in [1.165, 1.54) is 6.07 Å². The van der Waals surface area contributed by atoms with Crippen LogP contribution < -0.4 is 5.73 Å². The number of benzene rings is 1. The lowest BCUT2D eigenvalue weighted by molar-refractivity contribution is -0.0569. The molecule has 0 spiro atoms. The average molecular weight is 445 g/mol. The molecule has 4 aromatic heterocycles. The minimum atomic E-state index is -0.652. The molecular weight excluding hydrogens is 425 g/mol. The van der Waals surface area contributed by atoms with Gasteiger partial charge in [-0.15, -0.1) is 0 Å². The van der Waals surface area contributed by atoms with Crippen LogP contribution in [0, 0.1) is 5.82 Å². The number of carbonyl (C=O) groups excluding carboxylic acids is 1. The third-order valence-corrected chi connectivity index (χ3v) is 6.09. The number of hydrogen-bond donors (Lipinski definition) is 1. The fraction of sp³-hybridized carbons (Fsp3) is 0.217.